The molecule has 28 nitrogen and oxygen atoms in total. The van der Waals surface area contributed by atoms with E-state index in [1.807, 2.05) is 48.6 Å². The Morgan fingerprint density at radius 3 is 0.313 bits per heavy atom. The van der Waals surface area contributed by atoms with E-state index in [0.29, 0.717) is 44.6 Å². The number of carboxylic acid groups (broad SMARTS) is 8. The molecule has 0 bridgehead atoms. The van der Waals surface area contributed by atoms with Crippen molar-refractivity contribution in [2.75, 3.05) is 79.3 Å². The molecule has 0 aliphatic heterocycles. The van der Waals surface area contributed by atoms with Gasteiger partial charge in [-0.2, -0.15) is 0 Å². The van der Waals surface area contributed by atoms with Gasteiger partial charge in [0.25, 0.3) is 0 Å². The van der Waals surface area contributed by atoms with Crippen molar-refractivity contribution in [1.29, 1.82) is 0 Å². The van der Waals surface area contributed by atoms with E-state index in [-0.39, 0.29) is 0 Å². The number of aliphatic carboxylic acids is 8. The number of carboxylic acids is 8. The summed E-state index contributed by atoms with van der Waals surface area (Å²) in [5.41, 5.74) is 1.45. The van der Waals surface area contributed by atoms with Crippen LogP contribution in [0, 0.1) is 16.2 Å². The van der Waals surface area contributed by atoms with Gasteiger partial charge in [-0.05, 0) is 205 Å². The Labute approximate surface area is 580 Å². The van der Waals surface area contributed by atoms with Gasteiger partial charge in [0.2, 0.25) is 0 Å². The molecule has 0 heterocycles. The molecule has 28 heteroatoms. The highest BCUT2D eigenvalue weighted by atomic mass is 16.4. The molecule has 20 N–H and O–H groups in total. The molecule has 0 radical (unpaired) electrons. The summed E-state index contributed by atoms with van der Waals surface area (Å²) in [5, 5.41) is 170. The van der Waals surface area contributed by atoms with Gasteiger partial charge in [-0.25, -0.2) is 38.4 Å². The van der Waals surface area contributed by atoms with Gasteiger partial charge in [0, 0.05) is 44.6 Å². The van der Waals surface area contributed by atoms with Crippen LogP contribution in [0.2, 0.25) is 0 Å². The van der Waals surface area contributed by atoms with Crippen molar-refractivity contribution in [3.63, 3.8) is 0 Å². The van der Waals surface area contributed by atoms with Crippen LogP contribution in [0.3, 0.4) is 0 Å². The van der Waals surface area contributed by atoms with Crippen LogP contribution in [0.4, 0.5) is 0 Å². The van der Waals surface area contributed by atoms with Crippen LogP contribution in [0.1, 0.15) is 205 Å². The highest BCUT2D eigenvalue weighted by molar-refractivity contribution is 5.89. The SMILES string of the molecule is O=C(O)C1=CCCCC1.O=C(O)C1=CCCCC1.O=C(O)C1=CCCCC1.O=C(O)C1=CCCCC1.O=C(O)C1=CCCCC1.O=C(O)C1=CCCCC1.O=C(O)C1=CCCCC1.O=C(O)C1=CCCCC1.OCC(CO)(CO)CO.OCC(CO)(CO)CO.OCC(CO)(CO)CO. The summed E-state index contributed by atoms with van der Waals surface area (Å²) in [6.45, 7) is -4.88. The molecule has 0 spiro atoms. The molecule has 99 heavy (non-hydrogen) atoms. The first-order valence-corrected chi connectivity index (χ1v) is 33.9. The first kappa shape index (κ1) is 96.4. The van der Waals surface area contributed by atoms with Crippen LogP contribution >= 0.6 is 0 Å². The Morgan fingerprint density at radius 1 is 0.192 bits per heavy atom. The topological polar surface area (TPSA) is 541 Å². The second-order valence-electron chi connectivity index (χ2n) is 24.6. The number of aliphatic hydroxyl groups is 12. The van der Waals surface area contributed by atoms with Crippen molar-refractivity contribution < 1.29 is 140 Å². The third-order valence-corrected chi connectivity index (χ3v) is 16.6. The molecule has 0 aromatic rings. The Balaban J connectivity index is -0.00000102. The summed E-state index contributed by atoms with van der Waals surface area (Å²) in [6.07, 6.45) is 45.8. The van der Waals surface area contributed by atoms with E-state index in [2.05, 4.69) is 0 Å². The van der Waals surface area contributed by atoms with Crippen LogP contribution in [0.15, 0.2) is 93.2 Å². The normalized spacial score (nSPS) is 17.0. The molecule has 8 aliphatic carbocycles. The minimum Gasteiger partial charge on any atom is -0.478 e. The summed E-state index contributed by atoms with van der Waals surface area (Å²) >= 11 is 0. The smallest absolute Gasteiger partial charge is 0.331 e. The van der Waals surface area contributed by atoms with Crippen molar-refractivity contribution in [3.05, 3.63) is 93.2 Å². The van der Waals surface area contributed by atoms with Gasteiger partial charge >= 0.3 is 47.8 Å². The lowest BCUT2D eigenvalue weighted by Gasteiger charge is -2.23. The average molecular weight is 1420 g/mol. The summed E-state index contributed by atoms with van der Waals surface area (Å²) in [6, 6.07) is 0. The zero-order valence-corrected chi connectivity index (χ0v) is 57.4. The summed E-state index contributed by atoms with van der Waals surface area (Å²) in [5.74, 6) is -5.93. The van der Waals surface area contributed by atoms with Gasteiger partial charge < -0.3 is 102 Å². The van der Waals surface area contributed by atoms with Gasteiger partial charge in [0.15, 0.2) is 0 Å². The molecule has 0 aromatic carbocycles. The van der Waals surface area contributed by atoms with E-state index in [1.54, 1.807) is 0 Å². The van der Waals surface area contributed by atoms with Crippen LogP contribution < -0.4 is 0 Å². The van der Waals surface area contributed by atoms with Crippen molar-refractivity contribution in [3.8, 4) is 0 Å². The van der Waals surface area contributed by atoms with Crippen molar-refractivity contribution in [2.24, 2.45) is 16.2 Å². The van der Waals surface area contributed by atoms with Crippen molar-refractivity contribution >= 4 is 47.8 Å². The maximum atomic E-state index is 10.3. The van der Waals surface area contributed by atoms with Gasteiger partial charge in [0.05, 0.1) is 95.5 Å². The highest BCUT2D eigenvalue weighted by Crippen LogP contribution is 2.23. The molecule has 568 valence electrons. The number of hydrogen-bond acceptors (Lipinski definition) is 20. The zero-order valence-electron chi connectivity index (χ0n) is 57.4. The Hall–Kier alpha value is -6.80. The highest BCUT2D eigenvalue weighted by Gasteiger charge is 2.28. The first-order valence-electron chi connectivity index (χ1n) is 33.9. The Morgan fingerprint density at radius 2 is 0.283 bits per heavy atom. The molecule has 0 atom stereocenters. The fourth-order valence-corrected chi connectivity index (χ4v) is 9.16. The molecule has 0 saturated carbocycles. The summed E-state index contributed by atoms with van der Waals surface area (Å²) in [4.78, 5) is 82.3. The van der Waals surface area contributed by atoms with E-state index in [0.717, 1.165) is 205 Å². The van der Waals surface area contributed by atoms with E-state index >= 15 is 0 Å². The maximum absolute atomic E-state index is 10.3. The van der Waals surface area contributed by atoms with E-state index in [9.17, 15) is 38.4 Å². The Kier molecular flexibility index (Phi) is 58.4. The average Bonchev–Trinajstić information content (AvgIpc) is 2.30. The van der Waals surface area contributed by atoms with E-state index < -0.39 is 143 Å². The lowest BCUT2D eigenvalue weighted by Crippen LogP contribution is -2.37. The van der Waals surface area contributed by atoms with Crippen LogP contribution in [0.5, 0.6) is 0 Å². The molecule has 0 fully saturated rings. The number of hydrogen-bond donors (Lipinski definition) is 20. The molecular formula is C71H116O28. The molecule has 0 saturated heterocycles. The van der Waals surface area contributed by atoms with Gasteiger partial charge in [-0.15, -0.1) is 0 Å². The summed E-state index contributed by atoms with van der Waals surface area (Å²) in [7, 11) is 0. The molecule has 0 amide bonds. The Bertz CT molecular complexity index is 2050. The minimum atomic E-state index is -1.11. The second kappa shape index (κ2) is 60.0. The molecule has 8 aliphatic rings. The zero-order chi connectivity index (χ0) is 75.5. The fourth-order valence-electron chi connectivity index (χ4n) is 9.16. The third-order valence-electron chi connectivity index (χ3n) is 16.6. The standard InChI is InChI=1S/8C7H10O2.3C5H12O4/c8*8-7(9)6-4-2-1-3-5-6;3*6-1-5(2-7,3-8)4-9/h8*4H,1-3,5H2,(H,8,9);3*6-9H,1-4H2. The predicted molar refractivity (Wildman–Crippen MR) is 366 cm³/mol. The van der Waals surface area contributed by atoms with Gasteiger partial charge in [-0.3, -0.25) is 0 Å². The van der Waals surface area contributed by atoms with Crippen molar-refractivity contribution in [2.45, 2.75) is 205 Å². The fraction of sp³-hybridized carbons (Fsp3) is 0.662. The van der Waals surface area contributed by atoms with Gasteiger partial charge in [0.1, 0.15) is 0 Å². The lowest BCUT2D eigenvalue weighted by molar-refractivity contribution is -0.133. The van der Waals surface area contributed by atoms with Crippen LogP contribution in [-0.4, -0.2) is 229 Å². The van der Waals surface area contributed by atoms with Crippen LogP contribution in [0.25, 0.3) is 0 Å². The minimum absolute atomic E-state index is 0.406. The van der Waals surface area contributed by atoms with Gasteiger partial charge in [-0.1, -0.05) is 48.6 Å². The third kappa shape index (κ3) is 46.3. The number of rotatable bonds is 20. The quantitative estimate of drug-likeness (QED) is 0.0627. The second-order valence-corrected chi connectivity index (χ2v) is 24.6. The first-order chi connectivity index (χ1) is 47.2. The summed E-state index contributed by atoms with van der Waals surface area (Å²) < 4.78 is 0. The number of carbonyl (C=O) groups is 8. The molecular weight excluding hydrogens is 1300 g/mol. The van der Waals surface area contributed by atoms with E-state index in [4.69, 9.17) is 102 Å². The monoisotopic (exact) mass is 1420 g/mol. The largest absolute Gasteiger partial charge is 0.478 e. The van der Waals surface area contributed by atoms with Crippen molar-refractivity contribution in [1.82, 2.24) is 0 Å². The number of aliphatic hydroxyl groups excluding tert-OH is 12. The maximum Gasteiger partial charge on any atom is 0.331 e. The predicted octanol–water partition coefficient (Wildman–Crippen LogP) is 6.40. The molecule has 0 aromatic heterocycles. The molecule has 0 unspecified atom stereocenters. The molecule has 8 rings (SSSR count). The van der Waals surface area contributed by atoms with E-state index in [1.165, 1.54) is 0 Å². The lowest BCUT2D eigenvalue weighted by atomic mass is 9.93. The number of allylic oxidation sites excluding steroid dienone is 8. The van der Waals surface area contributed by atoms with Crippen LogP contribution in [-0.2, 0) is 38.4 Å².